The highest BCUT2D eigenvalue weighted by Gasteiger charge is 2.55. The van der Waals surface area contributed by atoms with Crippen LogP contribution in [0.25, 0.3) is 0 Å². The van der Waals surface area contributed by atoms with E-state index in [2.05, 4.69) is 0 Å². The van der Waals surface area contributed by atoms with E-state index < -0.39 is 16.8 Å². The Balaban J connectivity index is 3.14. The summed E-state index contributed by atoms with van der Waals surface area (Å²) < 4.78 is 5.39. The van der Waals surface area contributed by atoms with E-state index in [-0.39, 0.29) is 17.8 Å². The molecule has 15 heavy (non-hydrogen) atoms. The molecule has 0 aliphatic carbocycles. The van der Waals surface area contributed by atoms with Crippen molar-refractivity contribution in [2.24, 2.45) is 16.7 Å². The molecule has 0 N–H and O–H groups in total. The van der Waals surface area contributed by atoms with Gasteiger partial charge in [0.15, 0.2) is 5.78 Å². The van der Waals surface area contributed by atoms with Crippen LogP contribution >= 0.6 is 0 Å². The van der Waals surface area contributed by atoms with E-state index >= 15 is 0 Å². The first kappa shape index (κ1) is 12.2. The van der Waals surface area contributed by atoms with Crippen LogP contribution in [-0.4, -0.2) is 17.9 Å². The molecular weight excluding hydrogens is 192 g/mol. The van der Waals surface area contributed by atoms with Crippen LogP contribution in [0.3, 0.4) is 0 Å². The lowest BCUT2D eigenvalue weighted by atomic mass is 9.66. The first-order chi connectivity index (χ1) is 6.61. The predicted octanol–water partition coefficient (Wildman–Crippen LogP) is 2.19. The van der Waals surface area contributed by atoms with Crippen molar-refractivity contribution >= 4 is 11.8 Å². The number of ketones is 1. The van der Waals surface area contributed by atoms with E-state index in [0.717, 1.165) is 0 Å². The molecule has 0 spiro atoms. The van der Waals surface area contributed by atoms with Crippen LogP contribution in [0.2, 0.25) is 0 Å². The number of rotatable bonds is 1. The van der Waals surface area contributed by atoms with E-state index in [1.807, 2.05) is 27.7 Å². The van der Waals surface area contributed by atoms with Crippen LogP contribution in [0.15, 0.2) is 0 Å². The van der Waals surface area contributed by atoms with E-state index in [0.29, 0.717) is 0 Å². The summed E-state index contributed by atoms with van der Waals surface area (Å²) in [5, 5.41) is 0. The van der Waals surface area contributed by atoms with Crippen LogP contribution in [0.4, 0.5) is 0 Å². The molecule has 1 fully saturated rings. The first-order valence-electron chi connectivity index (χ1n) is 5.37. The fourth-order valence-corrected chi connectivity index (χ4v) is 2.41. The highest BCUT2D eigenvalue weighted by Crippen LogP contribution is 2.42. The SMILES string of the molecule is CC(C)C1OC(=O)C(C)(C)C(=O)C1(C)C. The molecule has 1 unspecified atom stereocenters. The van der Waals surface area contributed by atoms with E-state index in [1.54, 1.807) is 13.8 Å². The van der Waals surface area contributed by atoms with Gasteiger partial charge in [-0.2, -0.15) is 0 Å². The number of cyclic esters (lactones) is 1. The van der Waals surface area contributed by atoms with Gasteiger partial charge in [0.1, 0.15) is 11.5 Å². The Bertz CT molecular complexity index is 300. The van der Waals surface area contributed by atoms with Crippen molar-refractivity contribution in [1.82, 2.24) is 0 Å². The molecule has 1 saturated heterocycles. The maximum atomic E-state index is 12.2. The number of Topliss-reactive ketones (excluding diaryl/α,β-unsaturated/α-hetero) is 1. The second kappa shape index (κ2) is 3.32. The van der Waals surface area contributed by atoms with Gasteiger partial charge in [0.05, 0.1) is 5.41 Å². The predicted molar refractivity (Wildman–Crippen MR) is 57.3 cm³/mol. The van der Waals surface area contributed by atoms with Crippen LogP contribution in [-0.2, 0) is 14.3 Å². The maximum absolute atomic E-state index is 12.2. The summed E-state index contributed by atoms with van der Waals surface area (Å²) in [5.74, 6) is -0.264. The minimum absolute atomic E-state index is 0.0232. The molecule has 0 radical (unpaired) electrons. The zero-order valence-corrected chi connectivity index (χ0v) is 10.4. The van der Waals surface area contributed by atoms with Gasteiger partial charge < -0.3 is 4.74 Å². The molecule has 1 aliphatic rings. The van der Waals surface area contributed by atoms with Gasteiger partial charge in [-0.15, -0.1) is 0 Å². The Hall–Kier alpha value is -0.860. The monoisotopic (exact) mass is 212 g/mol. The zero-order valence-electron chi connectivity index (χ0n) is 10.4. The minimum Gasteiger partial charge on any atom is -0.460 e. The number of hydrogen-bond acceptors (Lipinski definition) is 3. The van der Waals surface area contributed by atoms with E-state index in [9.17, 15) is 9.59 Å². The minimum atomic E-state index is -1.01. The Kier molecular flexibility index (Phi) is 2.71. The molecule has 1 rings (SSSR count). The molecule has 0 aromatic heterocycles. The van der Waals surface area contributed by atoms with Crippen molar-refractivity contribution < 1.29 is 14.3 Å². The maximum Gasteiger partial charge on any atom is 0.319 e. The summed E-state index contributed by atoms with van der Waals surface area (Å²) >= 11 is 0. The van der Waals surface area contributed by atoms with Crippen LogP contribution in [0.5, 0.6) is 0 Å². The molecule has 0 aromatic rings. The highest BCUT2D eigenvalue weighted by molar-refractivity contribution is 6.07. The van der Waals surface area contributed by atoms with E-state index in [1.165, 1.54) is 0 Å². The third-order valence-electron chi connectivity index (χ3n) is 3.21. The van der Waals surface area contributed by atoms with Gasteiger partial charge in [-0.1, -0.05) is 13.8 Å². The Labute approximate surface area is 91.2 Å². The second-order valence-corrected chi connectivity index (χ2v) is 5.75. The van der Waals surface area contributed by atoms with Gasteiger partial charge in [-0.3, -0.25) is 9.59 Å². The quantitative estimate of drug-likeness (QED) is 0.494. The van der Waals surface area contributed by atoms with Gasteiger partial charge in [0, 0.05) is 0 Å². The van der Waals surface area contributed by atoms with Crippen LogP contribution in [0, 0.1) is 16.7 Å². The molecule has 1 heterocycles. The fourth-order valence-electron chi connectivity index (χ4n) is 2.41. The van der Waals surface area contributed by atoms with Crippen molar-refractivity contribution in [3.8, 4) is 0 Å². The average molecular weight is 212 g/mol. The van der Waals surface area contributed by atoms with Crippen molar-refractivity contribution in [2.75, 3.05) is 0 Å². The first-order valence-corrected chi connectivity index (χ1v) is 5.37. The smallest absolute Gasteiger partial charge is 0.319 e. The molecule has 3 heteroatoms. The third kappa shape index (κ3) is 1.68. The van der Waals surface area contributed by atoms with Crippen molar-refractivity contribution in [1.29, 1.82) is 0 Å². The van der Waals surface area contributed by atoms with Crippen molar-refractivity contribution in [3.05, 3.63) is 0 Å². The van der Waals surface area contributed by atoms with Crippen LogP contribution in [0.1, 0.15) is 41.5 Å². The molecule has 1 atom stereocenters. The topological polar surface area (TPSA) is 43.4 Å². The summed E-state index contributed by atoms with van der Waals surface area (Å²) in [5.41, 5.74) is -1.60. The molecule has 86 valence electrons. The largest absolute Gasteiger partial charge is 0.460 e. The third-order valence-corrected chi connectivity index (χ3v) is 3.21. The molecule has 1 aliphatic heterocycles. The Morgan fingerprint density at radius 2 is 1.60 bits per heavy atom. The summed E-state index contributed by atoms with van der Waals surface area (Å²) in [7, 11) is 0. The number of esters is 1. The number of carbonyl (C=O) groups is 2. The van der Waals surface area contributed by atoms with Crippen molar-refractivity contribution in [3.63, 3.8) is 0 Å². The van der Waals surface area contributed by atoms with Gasteiger partial charge >= 0.3 is 5.97 Å². The highest BCUT2D eigenvalue weighted by atomic mass is 16.5. The molecular formula is C12H20O3. The van der Waals surface area contributed by atoms with Crippen LogP contribution < -0.4 is 0 Å². The summed E-state index contributed by atoms with van der Waals surface area (Å²) in [6, 6.07) is 0. The normalized spacial score (nSPS) is 29.1. The van der Waals surface area contributed by atoms with Gasteiger partial charge in [0.25, 0.3) is 0 Å². The summed E-state index contributed by atoms with van der Waals surface area (Å²) in [6.45, 7) is 10.9. The van der Waals surface area contributed by atoms with Gasteiger partial charge in [-0.05, 0) is 33.6 Å². The molecule has 0 aromatic carbocycles. The number of hydrogen-bond donors (Lipinski definition) is 0. The molecule has 3 nitrogen and oxygen atoms in total. The Morgan fingerprint density at radius 1 is 1.13 bits per heavy atom. The molecule has 0 saturated carbocycles. The molecule has 0 amide bonds. The molecule has 0 bridgehead atoms. The van der Waals surface area contributed by atoms with Gasteiger partial charge in [-0.25, -0.2) is 0 Å². The number of carbonyl (C=O) groups excluding carboxylic acids is 2. The Morgan fingerprint density at radius 3 is 2.00 bits per heavy atom. The number of ether oxygens (including phenoxy) is 1. The lowest BCUT2D eigenvalue weighted by Gasteiger charge is -2.44. The fraction of sp³-hybridized carbons (Fsp3) is 0.833. The second-order valence-electron chi connectivity index (χ2n) is 5.75. The lowest BCUT2D eigenvalue weighted by Crippen LogP contribution is -2.57. The average Bonchev–Trinajstić information content (AvgIpc) is 2.09. The van der Waals surface area contributed by atoms with Crippen molar-refractivity contribution in [2.45, 2.75) is 47.6 Å². The summed E-state index contributed by atoms with van der Waals surface area (Å²) in [6.07, 6.45) is -0.314. The zero-order chi connectivity index (χ0) is 12.0. The van der Waals surface area contributed by atoms with E-state index in [4.69, 9.17) is 4.74 Å². The van der Waals surface area contributed by atoms with Gasteiger partial charge in [0.2, 0.25) is 0 Å². The summed E-state index contributed by atoms with van der Waals surface area (Å²) in [4.78, 5) is 23.9. The standard InChI is InChI=1S/C12H20O3/c1-7(2)8-11(3,4)9(13)12(5,6)10(14)15-8/h7-8H,1-6H3. The lowest BCUT2D eigenvalue weighted by molar-refractivity contribution is -0.189.